The summed E-state index contributed by atoms with van der Waals surface area (Å²) in [4.78, 5) is 38.4. The Kier molecular flexibility index (Phi) is 2.95. The Hall–Kier alpha value is -2.24. The first-order valence-electron chi connectivity index (χ1n) is 9.18. The lowest BCUT2D eigenvalue weighted by Gasteiger charge is -2.42. The van der Waals surface area contributed by atoms with Crippen molar-refractivity contribution in [3.8, 4) is 0 Å². The van der Waals surface area contributed by atoms with Crippen molar-refractivity contribution in [3.05, 3.63) is 33.9 Å². The van der Waals surface area contributed by atoms with Crippen molar-refractivity contribution in [2.24, 2.45) is 35.5 Å². The number of nitro benzene ring substituents is 1. The molecule has 25 heavy (non-hydrogen) atoms. The van der Waals surface area contributed by atoms with Crippen molar-refractivity contribution in [1.82, 2.24) is 0 Å². The number of anilines is 1. The largest absolute Gasteiger partial charge is 0.274 e. The van der Waals surface area contributed by atoms with E-state index in [2.05, 4.69) is 0 Å². The molecule has 1 aromatic rings. The summed E-state index contributed by atoms with van der Waals surface area (Å²) in [5.74, 6) is 1.31. The van der Waals surface area contributed by atoms with Gasteiger partial charge in [0.05, 0.1) is 22.4 Å². The molecule has 5 fully saturated rings. The quantitative estimate of drug-likeness (QED) is 0.481. The molecule has 1 aliphatic heterocycles. The average Bonchev–Trinajstić information content (AvgIpc) is 3.39. The van der Waals surface area contributed by atoms with Crippen LogP contribution in [0.1, 0.15) is 31.7 Å². The molecule has 6 rings (SSSR count). The van der Waals surface area contributed by atoms with Gasteiger partial charge in [-0.25, -0.2) is 4.90 Å². The fourth-order valence-corrected chi connectivity index (χ4v) is 5.95. The van der Waals surface area contributed by atoms with E-state index in [0.29, 0.717) is 35.8 Å². The Morgan fingerprint density at radius 1 is 1.08 bits per heavy atom. The van der Waals surface area contributed by atoms with E-state index >= 15 is 0 Å². The number of aryl methyl sites for hydroxylation is 1. The second-order valence-corrected chi connectivity index (χ2v) is 7.96. The van der Waals surface area contributed by atoms with Crippen molar-refractivity contribution < 1.29 is 14.5 Å². The van der Waals surface area contributed by atoms with E-state index in [1.54, 1.807) is 6.07 Å². The third kappa shape index (κ3) is 1.85. The van der Waals surface area contributed by atoms with Gasteiger partial charge in [-0.2, -0.15) is 0 Å². The zero-order chi connectivity index (χ0) is 17.5. The van der Waals surface area contributed by atoms with Gasteiger partial charge in [0.25, 0.3) is 5.69 Å². The summed E-state index contributed by atoms with van der Waals surface area (Å²) in [6.45, 7) is 1.93. The van der Waals surface area contributed by atoms with Gasteiger partial charge in [0.1, 0.15) is 0 Å². The number of benzene rings is 1. The molecule has 130 valence electrons. The molecule has 5 aliphatic rings. The number of carbonyl (C=O) groups excluding carboxylic acids is 2. The molecule has 6 heteroatoms. The minimum Gasteiger partial charge on any atom is -0.274 e. The minimum atomic E-state index is -0.472. The number of hydrogen-bond donors (Lipinski definition) is 0. The number of amides is 2. The Bertz CT molecular complexity index is 786. The standard InChI is InChI=1S/C19H20N2O4/c1-2-9-3-4-10(21(24)25)7-15(9)20-18(22)16-11-5-6-12(14-8-13(11)14)17(16)19(20)23/h3-4,7,11-14,16-17H,2,5-6,8H2,1H3. The third-order valence-corrected chi connectivity index (χ3v) is 7.05. The second kappa shape index (κ2) is 4.90. The monoisotopic (exact) mass is 340 g/mol. The molecular weight excluding hydrogens is 320 g/mol. The summed E-state index contributed by atoms with van der Waals surface area (Å²) >= 11 is 0. The molecule has 6 nitrogen and oxygen atoms in total. The lowest BCUT2D eigenvalue weighted by molar-refractivity contribution is -0.384. The van der Waals surface area contributed by atoms with Crippen LogP contribution in [0.4, 0.5) is 11.4 Å². The van der Waals surface area contributed by atoms with Gasteiger partial charge in [0.15, 0.2) is 0 Å². The van der Waals surface area contributed by atoms with E-state index in [-0.39, 0.29) is 29.3 Å². The van der Waals surface area contributed by atoms with Crippen LogP contribution in [0.15, 0.2) is 18.2 Å². The van der Waals surface area contributed by atoms with Gasteiger partial charge in [0, 0.05) is 12.1 Å². The fourth-order valence-electron chi connectivity index (χ4n) is 5.95. The van der Waals surface area contributed by atoms with Gasteiger partial charge >= 0.3 is 0 Å². The van der Waals surface area contributed by atoms with Gasteiger partial charge in [0.2, 0.25) is 11.8 Å². The lowest BCUT2D eigenvalue weighted by atomic mass is 9.59. The van der Waals surface area contributed by atoms with Crippen LogP contribution in [0.2, 0.25) is 0 Å². The topological polar surface area (TPSA) is 80.5 Å². The van der Waals surface area contributed by atoms with Crippen LogP contribution in [-0.4, -0.2) is 16.7 Å². The number of nitro groups is 1. The molecule has 1 heterocycles. The van der Waals surface area contributed by atoms with Crippen LogP contribution in [0.25, 0.3) is 0 Å². The summed E-state index contributed by atoms with van der Waals surface area (Å²) in [5.41, 5.74) is 1.16. The van der Waals surface area contributed by atoms with Gasteiger partial charge in [-0.15, -0.1) is 0 Å². The minimum absolute atomic E-state index is 0.0755. The maximum absolute atomic E-state index is 13.2. The summed E-state index contributed by atoms with van der Waals surface area (Å²) in [7, 11) is 0. The number of rotatable bonds is 3. The summed E-state index contributed by atoms with van der Waals surface area (Å²) < 4.78 is 0. The summed E-state index contributed by atoms with van der Waals surface area (Å²) in [5, 5.41) is 11.2. The Labute approximate surface area is 145 Å². The first-order chi connectivity index (χ1) is 12.0. The maximum Gasteiger partial charge on any atom is 0.271 e. The highest BCUT2D eigenvalue weighted by Gasteiger charge is 2.68. The van der Waals surface area contributed by atoms with Gasteiger partial charge < -0.3 is 0 Å². The molecule has 2 bridgehead atoms. The van der Waals surface area contributed by atoms with Crippen molar-refractivity contribution in [2.75, 3.05) is 4.90 Å². The molecular formula is C19H20N2O4. The number of hydrogen-bond acceptors (Lipinski definition) is 4. The van der Waals surface area contributed by atoms with Gasteiger partial charge in [-0.05, 0) is 54.9 Å². The van der Waals surface area contributed by atoms with Crippen molar-refractivity contribution >= 4 is 23.2 Å². The fraction of sp³-hybridized carbons (Fsp3) is 0.579. The first-order valence-corrected chi connectivity index (χ1v) is 9.18. The highest BCUT2D eigenvalue weighted by molar-refractivity contribution is 6.23. The molecule has 6 atom stereocenters. The van der Waals surface area contributed by atoms with Crippen LogP contribution in [-0.2, 0) is 16.0 Å². The van der Waals surface area contributed by atoms with E-state index in [4.69, 9.17) is 0 Å². The SMILES string of the molecule is CCc1ccc([N+](=O)[O-])cc1N1C(=O)C2C3CCC(C4CC43)C2C1=O. The van der Waals surface area contributed by atoms with E-state index in [0.717, 1.165) is 18.4 Å². The number of non-ortho nitro benzene ring substituents is 1. The van der Waals surface area contributed by atoms with E-state index < -0.39 is 4.92 Å². The van der Waals surface area contributed by atoms with Crippen LogP contribution < -0.4 is 4.90 Å². The normalized spacial score (nSPS) is 37.9. The molecule has 0 aromatic heterocycles. The number of carbonyl (C=O) groups is 2. The molecule has 0 spiro atoms. The molecule has 0 N–H and O–H groups in total. The van der Waals surface area contributed by atoms with Gasteiger partial charge in [-0.3, -0.25) is 19.7 Å². The Balaban J connectivity index is 1.60. The molecule has 6 unspecified atom stereocenters. The summed E-state index contributed by atoms with van der Waals surface area (Å²) in [6.07, 6.45) is 3.91. The Morgan fingerprint density at radius 3 is 2.20 bits per heavy atom. The number of imide groups is 1. The van der Waals surface area contributed by atoms with Crippen LogP contribution in [0.3, 0.4) is 0 Å². The van der Waals surface area contributed by atoms with Crippen LogP contribution in [0, 0.1) is 45.6 Å². The molecule has 1 aromatic carbocycles. The molecule has 4 saturated carbocycles. The van der Waals surface area contributed by atoms with Crippen LogP contribution >= 0.6 is 0 Å². The smallest absolute Gasteiger partial charge is 0.271 e. The van der Waals surface area contributed by atoms with E-state index in [1.807, 2.05) is 6.92 Å². The second-order valence-electron chi connectivity index (χ2n) is 7.96. The molecule has 2 amide bonds. The Morgan fingerprint density at radius 2 is 1.68 bits per heavy atom. The van der Waals surface area contributed by atoms with Crippen LogP contribution in [0.5, 0.6) is 0 Å². The van der Waals surface area contributed by atoms with E-state index in [1.165, 1.54) is 23.5 Å². The number of nitrogens with zero attached hydrogens (tertiary/aromatic N) is 2. The van der Waals surface area contributed by atoms with Crippen molar-refractivity contribution in [2.45, 2.75) is 32.6 Å². The van der Waals surface area contributed by atoms with E-state index in [9.17, 15) is 19.7 Å². The number of fused-ring (bicyclic) bond motifs is 1. The molecule has 1 saturated heterocycles. The highest BCUT2D eigenvalue weighted by atomic mass is 16.6. The van der Waals surface area contributed by atoms with Crippen molar-refractivity contribution in [3.63, 3.8) is 0 Å². The summed E-state index contributed by atoms with van der Waals surface area (Å²) in [6, 6.07) is 4.51. The lowest BCUT2D eigenvalue weighted by Crippen LogP contribution is -2.43. The average molecular weight is 340 g/mol. The predicted molar refractivity (Wildman–Crippen MR) is 89.8 cm³/mol. The zero-order valence-electron chi connectivity index (χ0n) is 14.1. The highest BCUT2D eigenvalue weighted by Crippen LogP contribution is 2.68. The maximum atomic E-state index is 13.2. The molecule has 4 aliphatic carbocycles. The van der Waals surface area contributed by atoms with Gasteiger partial charge in [-0.1, -0.05) is 13.0 Å². The zero-order valence-corrected chi connectivity index (χ0v) is 14.1. The molecule has 0 radical (unpaired) electrons. The predicted octanol–water partition coefficient (Wildman–Crippen LogP) is 2.94. The third-order valence-electron chi connectivity index (χ3n) is 7.05. The van der Waals surface area contributed by atoms with Crippen molar-refractivity contribution in [1.29, 1.82) is 0 Å². The first kappa shape index (κ1) is 15.0.